The maximum atomic E-state index is 8.66. The van der Waals surface area contributed by atoms with Crippen LogP contribution in [-0.2, 0) is 0 Å². The van der Waals surface area contributed by atoms with Crippen molar-refractivity contribution in [1.82, 2.24) is 0 Å². The zero-order valence-corrected chi connectivity index (χ0v) is 4.30. The first-order valence-electron chi connectivity index (χ1n) is 2.30. The predicted molar refractivity (Wildman–Crippen MR) is 44.2 cm³/mol. The Morgan fingerprint density at radius 2 is 2.00 bits per heavy atom. The third-order valence-electron chi connectivity index (χ3n) is 0.711. The van der Waals surface area contributed by atoms with Crippen LogP contribution in [0, 0.1) is 0 Å². The topological polar surface area (TPSA) is 46.2 Å². The first-order valence-corrected chi connectivity index (χ1v) is 2.30. The monoisotopic (exact) mass is 149 g/mol. The third kappa shape index (κ3) is 12.8. The second-order valence-electron chi connectivity index (χ2n) is 1.41. The van der Waals surface area contributed by atoms with Crippen LogP contribution in [0.3, 0.4) is 0 Å². The molecule has 46 valence electrons. The normalized spacial score (nSPS) is 10.4. The molecule has 0 heterocycles. The van der Waals surface area contributed by atoms with E-state index in [-0.39, 0.29) is 59.1 Å². The van der Waals surface area contributed by atoms with Gasteiger partial charge in [-0.1, -0.05) is 6.08 Å². The van der Waals surface area contributed by atoms with E-state index in [2.05, 4.69) is 6.58 Å². The Bertz CT molecular complexity index is 60.9. The van der Waals surface area contributed by atoms with E-state index in [1.165, 1.54) is 0 Å². The van der Waals surface area contributed by atoms with E-state index in [0.29, 0.717) is 13.0 Å². The van der Waals surface area contributed by atoms with Crippen molar-refractivity contribution in [1.29, 1.82) is 0 Å². The summed E-state index contributed by atoms with van der Waals surface area (Å²) in [5.41, 5.74) is 5.06. The van der Waals surface area contributed by atoms with E-state index in [0.717, 1.165) is 0 Å². The summed E-state index contributed by atoms with van der Waals surface area (Å²) in [6, 6.07) is 0. The fourth-order valence-corrected chi connectivity index (χ4v) is 0.289. The molecule has 2 nitrogen and oxygen atoms in total. The summed E-state index contributed by atoms with van der Waals surface area (Å²) >= 11 is 0. The van der Waals surface area contributed by atoms with Crippen LogP contribution >= 0.6 is 0 Å². The zero-order valence-electron chi connectivity index (χ0n) is 4.30. The number of hydrogen-bond donors (Lipinski definition) is 2. The molecule has 0 aliphatic heterocycles. The molecule has 0 saturated heterocycles. The van der Waals surface area contributed by atoms with Crippen LogP contribution in [0.1, 0.15) is 6.42 Å². The molecule has 0 aliphatic carbocycles. The molecule has 1 atom stereocenters. The first kappa shape index (κ1) is 17.0. The van der Waals surface area contributed by atoms with Gasteiger partial charge in [-0.05, 0) is 6.42 Å². The van der Waals surface area contributed by atoms with Crippen molar-refractivity contribution in [3.63, 3.8) is 0 Å². The quantitative estimate of drug-likeness (QED) is 0.382. The van der Waals surface area contributed by atoms with Gasteiger partial charge in [0, 0.05) is 6.54 Å². The molecule has 0 amide bonds. The van der Waals surface area contributed by atoms with Gasteiger partial charge in [0.05, 0.1) is 6.10 Å². The molecule has 0 aliphatic rings. The molecule has 0 aromatic rings. The van der Waals surface area contributed by atoms with Gasteiger partial charge in [0.1, 0.15) is 0 Å². The Balaban J connectivity index is -0.000000180. The molecule has 0 fully saturated rings. The standard InChI is InChI=1S/C5H11NO.2Na.2H/c1-2-3-5(7)4-6;;;;/h2,5,7H,1,3-4,6H2;;;;. The van der Waals surface area contributed by atoms with Gasteiger partial charge in [-0.3, -0.25) is 0 Å². The number of rotatable bonds is 3. The molecule has 0 bridgehead atoms. The summed E-state index contributed by atoms with van der Waals surface area (Å²) in [4.78, 5) is 0. The SMILES string of the molecule is C=CCC(O)CN.[NaH].[NaH]. The molecule has 0 spiro atoms. The number of hydrogen-bond acceptors (Lipinski definition) is 2. The van der Waals surface area contributed by atoms with Crippen molar-refractivity contribution in [2.75, 3.05) is 6.54 Å². The van der Waals surface area contributed by atoms with Crippen molar-refractivity contribution < 1.29 is 5.11 Å². The molecule has 0 rings (SSSR count). The van der Waals surface area contributed by atoms with Crippen LogP contribution in [0.2, 0.25) is 0 Å². The van der Waals surface area contributed by atoms with Gasteiger partial charge < -0.3 is 10.8 Å². The molecule has 0 radical (unpaired) electrons. The van der Waals surface area contributed by atoms with E-state index in [4.69, 9.17) is 10.8 Å². The van der Waals surface area contributed by atoms with Crippen LogP contribution in [0.15, 0.2) is 12.7 Å². The molecule has 0 aromatic heterocycles. The summed E-state index contributed by atoms with van der Waals surface area (Å²) in [6.45, 7) is 3.76. The van der Waals surface area contributed by atoms with Crippen LogP contribution < -0.4 is 5.73 Å². The molecule has 9 heavy (non-hydrogen) atoms. The first-order chi connectivity index (χ1) is 3.31. The minimum absolute atomic E-state index is 0. The van der Waals surface area contributed by atoms with Gasteiger partial charge in [0.2, 0.25) is 0 Å². The van der Waals surface area contributed by atoms with Gasteiger partial charge in [0.25, 0.3) is 0 Å². The molecular weight excluding hydrogens is 136 g/mol. The van der Waals surface area contributed by atoms with E-state index in [1.807, 2.05) is 0 Å². The van der Waals surface area contributed by atoms with Crippen molar-refractivity contribution in [2.45, 2.75) is 12.5 Å². The van der Waals surface area contributed by atoms with Crippen LogP contribution in [0.4, 0.5) is 0 Å². The summed E-state index contributed by atoms with van der Waals surface area (Å²) in [7, 11) is 0. The Labute approximate surface area is 100 Å². The fourth-order valence-electron chi connectivity index (χ4n) is 0.289. The van der Waals surface area contributed by atoms with Crippen LogP contribution in [0.5, 0.6) is 0 Å². The van der Waals surface area contributed by atoms with Gasteiger partial charge in [-0.15, -0.1) is 6.58 Å². The molecule has 0 saturated carbocycles. The summed E-state index contributed by atoms with van der Waals surface area (Å²) in [5, 5.41) is 8.66. The van der Waals surface area contributed by atoms with E-state index >= 15 is 0 Å². The summed E-state index contributed by atoms with van der Waals surface area (Å²) in [5.74, 6) is 0. The molecule has 3 N–H and O–H groups in total. The minimum atomic E-state index is -0.391. The zero-order chi connectivity index (χ0) is 5.70. The number of aliphatic hydroxyl groups is 1. The second-order valence-corrected chi connectivity index (χ2v) is 1.41. The van der Waals surface area contributed by atoms with Gasteiger partial charge in [-0.2, -0.15) is 0 Å². The Hall–Kier alpha value is 1.66. The van der Waals surface area contributed by atoms with Crippen LogP contribution in [0.25, 0.3) is 0 Å². The van der Waals surface area contributed by atoms with E-state index in [1.54, 1.807) is 6.08 Å². The van der Waals surface area contributed by atoms with Crippen LogP contribution in [-0.4, -0.2) is 76.9 Å². The van der Waals surface area contributed by atoms with Crippen molar-refractivity contribution in [2.24, 2.45) is 5.73 Å². The van der Waals surface area contributed by atoms with E-state index < -0.39 is 6.10 Å². The van der Waals surface area contributed by atoms with Gasteiger partial charge in [-0.25, -0.2) is 0 Å². The maximum absolute atomic E-state index is 8.66. The second kappa shape index (κ2) is 12.3. The fraction of sp³-hybridized carbons (Fsp3) is 0.600. The Morgan fingerprint density at radius 3 is 2.11 bits per heavy atom. The molecule has 1 unspecified atom stereocenters. The molecule has 0 aromatic carbocycles. The Morgan fingerprint density at radius 1 is 1.56 bits per heavy atom. The third-order valence-corrected chi connectivity index (χ3v) is 0.711. The summed E-state index contributed by atoms with van der Waals surface area (Å²) in [6.07, 6.45) is 1.85. The van der Waals surface area contributed by atoms with Gasteiger partial charge >= 0.3 is 59.1 Å². The molecular formula is C5H13NNa2O. The Kier molecular flexibility index (Phi) is 23.3. The average Bonchev–Trinajstić information content (AvgIpc) is 1.68. The predicted octanol–water partition coefficient (Wildman–Crippen LogP) is -1.41. The van der Waals surface area contributed by atoms with Gasteiger partial charge in [0.15, 0.2) is 0 Å². The van der Waals surface area contributed by atoms with Crippen molar-refractivity contribution in [3.8, 4) is 0 Å². The van der Waals surface area contributed by atoms with Crippen molar-refractivity contribution in [3.05, 3.63) is 12.7 Å². The van der Waals surface area contributed by atoms with Crippen molar-refractivity contribution >= 4 is 59.1 Å². The summed E-state index contributed by atoms with van der Waals surface area (Å²) < 4.78 is 0. The number of nitrogens with two attached hydrogens (primary N) is 1. The number of aliphatic hydroxyl groups excluding tert-OH is 1. The van der Waals surface area contributed by atoms with E-state index in [9.17, 15) is 0 Å². The average molecular weight is 149 g/mol. The molecule has 4 heteroatoms.